The fourth-order valence-corrected chi connectivity index (χ4v) is 15.8. The van der Waals surface area contributed by atoms with E-state index in [0.717, 1.165) is 76.3 Å². The summed E-state index contributed by atoms with van der Waals surface area (Å²) < 4.78 is 24.0. The van der Waals surface area contributed by atoms with Crippen molar-refractivity contribution in [2.45, 2.75) is 59.5 Å². The van der Waals surface area contributed by atoms with E-state index in [1.165, 1.54) is 14.2 Å². The number of carbonyl (C=O) groups is 6. The molecule has 0 fully saturated rings. The Morgan fingerprint density at radius 2 is 0.891 bits per heavy atom. The van der Waals surface area contributed by atoms with Crippen LogP contribution in [0.2, 0.25) is 0 Å². The van der Waals surface area contributed by atoms with Crippen LogP contribution in [0.5, 0.6) is 0 Å². The van der Waals surface area contributed by atoms with E-state index >= 15 is 0 Å². The predicted molar refractivity (Wildman–Crippen MR) is 404 cm³/mol. The molecule has 1 aliphatic heterocycles. The lowest BCUT2D eigenvalue weighted by atomic mass is 9.93. The number of esters is 2. The fourth-order valence-electron chi connectivity index (χ4n) is 10.9. The molecule has 0 radical (unpaired) electrons. The largest absolute Gasteiger partial charge is 0.465 e. The highest BCUT2D eigenvalue weighted by Crippen LogP contribution is 2.41. The number of fused-ring (bicyclic) bond motifs is 2. The molecule has 0 saturated heterocycles. The molecule has 8 aromatic carbocycles. The van der Waals surface area contributed by atoms with Gasteiger partial charge in [-0.2, -0.15) is 9.59 Å². The minimum absolute atomic E-state index is 0. The second-order valence-electron chi connectivity index (χ2n) is 24.4. The third-order valence-electron chi connectivity index (χ3n) is 15.8. The van der Waals surface area contributed by atoms with Crippen LogP contribution in [0, 0.1) is 0 Å². The molecule has 0 aromatic heterocycles. The normalized spacial score (nSPS) is 10.7. The summed E-state index contributed by atoms with van der Waals surface area (Å²) in [7, 11) is 8.49. The molecule has 1 aliphatic carbocycles. The number of hydrogen-bond donors (Lipinski definition) is 4. The molecule has 0 bridgehead atoms. The summed E-state index contributed by atoms with van der Waals surface area (Å²) in [5, 5.41) is 19.5. The number of ether oxygens (including phenoxy) is 3. The zero-order valence-electron chi connectivity index (χ0n) is 57.6. The standard InChI is InChI=1S/C49H47N4O5P.C30H35N2O5P.CO2.CH4/c1-52(2)36-23-26-40-43(31-36)58-44-32-37(53(3)4)24-27-41(44)46(40)33-18-20-34(21-19-33)47(54)50-28-12-13-29-51-48(55)35-22-25-42(49(56)57-5)45(30-35)59(38-14-8-6-9-15-38)39-16-10-7-11-17-39;1-30(2,3)37-29(35)32-20-12-11-19-31-27(33)22-17-18-25(28(34)36-4)26(21-22)38(23-13-7-5-8-14-23)24-15-9-6-10-16-24;2-1-3;/h6-11,14-27,30-32H,12-13,28-29H2,1-5H3,(H-,50,51,54,55);5-10,13-18,21H,11-12,19-20H2,1-4H3,(H,31,33)(H,32,35);;1H4/p+1. The minimum atomic E-state index is -1.16. The Morgan fingerprint density at radius 1 is 0.495 bits per heavy atom. The van der Waals surface area contributed by atoms with Crippen LogP contribution in [-0.4, -0.2) is 116 Å². The molecule has 4 amide bonds. The van der Waals surface area contributed by atoms with Gasteiger partial charge in [-0.05, 0) is 156 Å². The molecule has 0 atom stereocenters. The number of benzene rings is 9. The Morgan fingerprint density at radius 3 is 1.28 bits per heavy atom. The van der Waals surface area contributed by atoms with Crippen molar-refractivity contribution in [3.63, 3.8) is 0 Å². The van der Waals surface area contributed by atoms with Crippen molar-refractivity contribution in [1.29, 1.82) is 0 Å². The SMILES string of the molecule is C.COC(=O)c1ccc(C(=O)NCCCCNC(=O)OC(C)(C)C)cc1P(c1ccccc1)c1ccccc1.COC(=O)c1ccc(C(=O)NCCCCNC(=O)c2ccc(-c3c4ccc(=[N+](C)C)cc-4oc4cc(N(C)C)ccc34)cc2)cc1P(c1ccccc1)c1ccccc1.O=C=O. The van der Waals surface area contributed by atoms with Crippen LogP contribution in [0.4, 0.5) is 10.5 Å². The number of methoxy groups -OCH3 is 2. The van der Waals surface area contributed by atoms with E-state index < -0.39 is 39.5 Å². The monoisotopic (exact) mass is 1400 g/mol. The number of anilines is 1. The summed E-state index contributed by atoms with van der Waals surface area (Å²) in [4.78, 5) is 95.4. The van der Waals surface area contributed by atoms with Crippen LogP contribution < -0.4 is 67.9 Å². The number of nitrogens with zero attached hydrogens (tertiary/aromatic N) is 2. The highest BCUT2D eigenvalue weighted by molar-refractivity contribution is 7.80. The van der Waals surface area contributed by atoms with Gasteiger partial charge >= 0.3 is 24.2 Å². The molecule has 8 aromatic rings. The van der Waals surface area contributed by atoms with E-state index in [4.69, 9.17) is 28.2 Å². The fraction of sp³-hybridized carbons (Fsp3) is 0.235. The Bertz CT molecular complexity index is 4440. The van der Waals surface area contributed by atoms with Crippen LogP contribution in [0.1, 0.15) is 106 Å². The highest BCUT2D eigenvalue weighted by atomic mass is 31.1. The number of unbranched alkanes of at least 4 members (excludes halogenated alkanes) is 2. The maximum Gasteiger partial charge on any atom is 0.407 e. The van der Waals surface area contributed by atoms with Gasteiger partial charge in [-0.1, -0.05) is 141 Å². The second kappa shape index (κ2) is 37.9. The average Bonchev–Trinajstić information content (AvgIpc) is 0.764. The maximum absolute atomic E-state index is 13.4. The van der Waals surface area contributed by atoms with Gasteiger partial charge in [0.2, 0.25) is 5.36 Å². The molecule has 0 saturated carbocycles. The molecule has 20 heteroatoms. The number of carbonyl (C=O) groups excluding carboxylic acids is 8. The molecule has 4 N–H and O–H groups in total. The quantitative estimate of drug-likeness (QED) is 0.0117. The summed E-state index contributed by atoms with van der Waals surface area (Å²) in [6.45, 7) is 7.25. The van der Waals surface area contributed by atoms with Gasteiger partial charge < -0.3 is 44.8 Å². The predicted octanol–water partition coefficient (Wildman–Crippen LogP) is 11.1. The van der Waals surface area contributed by atoms with Crippen LogP contribution in [0.25, 0.3) is 33.4 Å². The van der Waals surface area contributed by atoms with Gasteiger partial charge in [-0.3, -0.25) is 14.4 Å². The van der Waals surface area contributed by atoms with Crippen molar-refractivity contribution in [3.05, 3.63) is 252 Å². The number of amides is 4. The number of nitrogens with one attached hydrogen (secondary N) is 4. The van der Waals surface area contributed by atoms with Crippen LogP contribution in [0.3, 0.4) is 0 Å². The first kappa shape index (κ1) is 77.5. The van der Waals surface area contributed by atoms with Gasteiger partial charge in [0.25, 0.3) is 17.7 Å². The third-order valence-corrected chi connectivity index (χ3v) is 20.7. The van der Waals surface area contributed by atoms with Crippen molar-refractivity contribution < 1.29 is 57.0 Å². The summed E-state index contributed by atoms with van der Waals surface area (Å²) in [5.74, 6) is -0.711. The lowest BCUT2D eigenvalue weighted by Crippen LogP contribution is -2.33. The molecule has 522 valence electrons. The third kappa shape index (κ3) is 21.3. The zero-order chi connectivity index (χ0) is 71.7. The first-order chi connectivity index (χ1) is 48.2. The van der Waals surface area contributed by atoms with E-state index in [1.54, 1.807) is 30.3 Å². The van der Waals surface area contributed by atoms with Gasteiger partial charge in [0.05, 0.1) is 31.4 Å². The number of alkyl carbamates (subject to hydrolysis) is 1. The van der Waals surface area contributed by atoms with Crippen LogP contribution in [-0.2, 0) is 23.8 Å². The van der Waals surface area contributed by atoms with E-state index in [9.17, 15) is 28.8 Å². The van der Waals surface area contributed by atoms with Crippen molar-refractivity contribution >= 4 is 106 Å². The van der Waals surface area contributed by atoms with Gasteiger partial charge in [-0.15, -0.1) is 0 Å². The van der Waals surface area contributed by atoms with Crippen molar-refractivity contribution in [2.24, 2.45) is 0 Å². The maximum atomic E-state index is 13.4. The Hall–Kier alpha value is -10.9. The molecule has 10 rings (SSSR count). The van der Waals surface area contributed by atoms with E-state index in [0.29, 0.717) is 79.7 Å². The van der Waals surface area contributed by atoms with Crippen LogP contribution >= 0.6 is 15.8 Å². The number of hydrogen-bond acceptors (Lipinski definition) is 13. The van der Waals surface area contributed by atoms with Gasteiger partial charge in [0, 0.05) is 102 Å². The minimum Gasteiger partial charge on any atom is -0.465 e. The first-order valence-electron chi connectivity index (χ1n) is 32.6. The first-order valence-corrected chi connectivity index (χ1v) is 35.3. The smallest absolute Gasteiger partial charge is 0.407 e. The molecule has 2 aliphatic rings. The van der Waals surface area contributed by atoms with E-state index in [-0.39, 0.29) is 31.3 Å². The van der Waals surface area contributed by atoms with E-state index in [2.05, 4.69) is 67.1 Å². The molecule has 0 spiro atoms. The Kier molecular flexibility index (Phi) is 29.1. The highest BCUT2D eigenvalue weighted by Gasteiger charge is 2.28. The lowest BCUT2D eigenvalue weighted by molar-refractivity contribution is -0.191. The van der Waals surface area contributed by atoms with Gasteiger partial charge in [0.1, 0.15) is 31.0 Å². The number of rotatable bonds is 23. The average molecular weight is 1400 g/mol. The summed E-state index contributed by atoms with van der Waals surface area (Å²) in [6, 6.07) is 70.5. The Labute approximate surface area is 593 Å². The molecule has 18 nitrogen and oxygen atoms in total. The molecular weight excluding hydrogens is 1310 g/mol. The van der Waals surface area contributed by atoms with Gasteiger partial charge in [-0.25, -0.2) is 19.0 Å². The van der Waals surface area contributed by atoms with Crippen LogP contribution in [0.15, 0.2) is 223 Å². The van der Waals surface area contributed by atoms with Gasteiger partial charge in [0.15, 0.2) is 0 Å². The summed E-state index contributed by atoms with van der Waals surface area (Å²) in [5.41, 5.74) is 6.70. The molecule has 0 unspecified atom stereocenters. The van der Waals surface area contributed by atoms with Crippen molar-refractivity contribution in [1.82, 2.24) is 25.8 Å². The molecule has 1 heterocycles. The summed E-state index contributed by atoms with van der Waals surface area (Å²) in [6.07, 6.45) is 2.53. The summed E-state index contributed by atoms with van der Waals surface area (Å²) >= 11 is 0. The molecular formula is C81H87N6O12P2+. The second-order valence-corrected chi connectivity index (χ2v) is 28.7. The topological polar surface area (TPSA) is 232 Å². The Balaban J connectivity index is 0.000000295. The van der Waals surface area contributed by atoms with Crippen molar-refractivity contribution in [2.75, 3.05) is 73.5 Å². The van der Waals surface area contributed by atoms with Crippen molar-refractivity contribution in [3.8, 4) is 22.5 Å². The molecule has 101 heavy (non-hydrogen) atoms. The lowest BCUT2D eigenvalue weighted by Gasteiger charge is -2.22. The zero-order valence-corrected chi connectivity index (χ0v) is 59.4. The van der Waals surface area contributed by atoms with E-state index in [1.807, 2.05) is 201 Å².